The number of hydrogen-bond donors (Lipinski definition) is 3. The van der Waals surface area contributed by atoms with E-state index >= 15 is 0 Å². The number of hydrogen-bond acceptors (Lipinski definition) is 6. The molecule has 2 aliphatic heterocycles. The highest BCUT2D eigenvalue weighted by atomic mass is 19.1. The molecule has 7 heteroatoms. The SMILES string of the molecule is CCOc1ccc(Cc2cc3c(cc2F)COC32OC(C)C(O)C(O)C2O)cc1. The molecule has 0 bridgehead atoms. The molecule has 0 radical (unpaired) electrons. The van der Waals surface area contributed by atoms with Crippen LogP contribution in [0.25, 0.3) is 0 Å². The Morgan fingerprint density at radius 1 is 1.14 bits per heavy atom. The van der Waals surface area contributed by atoms with Crippen molar-refractivity contribution in [1.82, 2.24) is 0 Å². The summed E-state index contributed by atoms with van der Waals surface area (Å²) < 4.78 is 31.7. The fourth-order valence-electron chi connectivity index (χ4n) is 4.04. The maximum absolute atomic E-state index is 14.7. The molecule has 29 heavy (non-hydrogen) atoms. The molecule has 2 aliphatic rings. The minimum atomic E-state index is -1.63. The molecule has 2 aromatic rings. The molecule has 0 amide bonds. The number of aliphatic hydroxyl groups is 3. The minimum Gasteiger partial charge on any atom is -0.494 e. The van der Waals surface area contributed by atoms with Crippen molar-refractivity contribution < 1.29 is 33.9 Å². The molecule has 0 aromatic heterocycles. The van der Waals surface area contributed by atoms with Crippen LogP contribution in [0.2, 0.25) is 0 Å². The molecule has 1 saturated heterocycles. The zero-order valence-electron chi connectivity index (χ0n) is 16.3. The van der Waals surface area contributed by atoms with E-state index in [0.29, 0.717) is 29.7 Å². The summed E-state index contributed by atoms with van der Waals surface area (Å²) in [5.74, 6) is -1.26. The third-order valence-electron chi connectivity index (χ3n) is 5.62. The quantitative estimate of drug-likeness (QED) is 0.723. The van der Waals surface area contributed by atoms with Crippen molar-refractivity contribution in [1.29, 1.82) is 0 Å². The number of rotatable bonds is 4. The summed E-state index contributed by atoms with van der Waals surface area (Å²) in [6, 6.07) is 10.4. The van der Waals surface area contributed by atoms with Gasteiger partial charge in [-0.2, -0.15) is 0 Å². The van der Waals surface area contributed by atoms with Crippen molar-refractivity contribution in [3.8, 4) is 5.75 Å². The summed E-state index contributed by atoms with van der Waals surface area (Å²) in [5.41, 5.74) is 2.34. The first-order valence-electron chi connectivity index (χ1n) is 9.75. The van der Waals surface area contributed by atoms with Crippen LogP contribution in [0.5, 0.6) is 5.75 Å². The second kappa shape index (κ2) is 7.66. The van der Waals surface area contributed by atoms with Gasteiger partial charge in [-0.3, -0.25) is 0 Å². The molecule has 3 N–H and O–H groups in total. The lowest BCUT2D eigenvalue weighted by Crippen LogP contribution is -2.62. The van der Waals surface area contributed by atoms with E-state index in [-0.39, 0.29) is 12.4 Å². The van der Waals surface area contributed by atoms with Crippen LogP contribution in [0, 0.1) is 5.82 Å². The van der Waals surface area contributed by atoms with Crippen LogP contribution in [-0.4, -0.2) is 46.3 Å². The fraction of sp³-hybridized carbons (Fsp3) is 0.455. The Morgan fingerprint density at radius 3 is 2.55 bits per heavy atom. The van der Waals surface area contributed by atoms with Crippen molar-refractivity contribution in [2.24, 2.45) is 0 Å². The molecule has 1 fully saturated rings. The molecule has 4 rings (SSSR count). The Bertz CT molecular complexity index is 886. The second-order valence-electron chi connectivity index (χ2n) is 7.56. The predicted molar refractivity (Wildman–Crippen MR) is 102 cm³/mol. The average molecular weight is 404 g/mol. The maximum atomic E-state index is 14.7. The smallest absolute Gasteiger partial charge is 0.225 e. The summed E-state index contributed by atoms with van der Waals surface area (Å²) >= 11 is 0. The van der Waals surface area contributed by atoms with Gasteiger partial charge in [-0.15, -0.1) is 0 Å². The summed E-state index contributed by atoms with van der Waals surface area (Å²) in [7, 11) is 0. The van der Waals surface area contributed by atoms with E-state index in [2.05, 4.69) is 0 Å². The molecule has 0 saturated carbocycles. The second-order valence-corrected chi connectivity index (χ2v) is 7.56. The lowest BCUT2D eigenvalue weighted by molar-refractivity contribution is -0.362. The van der Waals surface area contributed by atoms with E-state index in [1.54, 1.807) is 13.0 Å². The number of fused-ring (bicyclic) bond motifs is 2. The summed E-state index contributed by atoms with van der Waals surface area (Å²) in [4.78, 5) is 0. The number of benzene rings is 2. The average Bonchev–Trinajstić information content (AvgIpc) is 3.05. The predicted octanol–water partition coefficient (Wildman–Crippen LogP) is 2.00. The Morgan fingerprint density at radius 2 is 1.86 bits per heavy atom. The maximum Gasteiger partial charge on any atom is 0.225 e. The molecule has 0 aliphatic carbocycles. The van der Waals surface area contributed by atoms with E-state index in [9.17, 15) is 19.7 Å². The van der Waals surface area contributed by atoms with Gasteiger partial charge in [0.2, 0.25) is 5.79 Å². The summed E-state index contributed by atoms with van der Waals surface area (Å²) in [6.45, 7) is 4.11. The van der Waals surface area contributed by atoms with Gasteiger partial charge >= 0.3 is 0 Å². The third kappa shape index (κ3) is 3.43. The zero-order valence-corrected chi connectivity index (χ0v) is 16.3. The largest absolute Gasteiger partial charge is 0.494 e. The molecule has 5 unspecified atom stereocenters. The molecule has 156 valence electrons. The van der Waals surface area contributed by atoms with E-state index < -0.39 is 30.2 Å². The highest BCUT2D eigenvalue weighted by Gasteiger charge is 2.57. The third-order valence-corrected chi connectivity index (χ3v) is 5.62. The zero-order chi connectivity index (χ0) is 20.8. The molecular weight excluding hydrogens is 379 g/mol. The van der Waals surface area contributed by atoms with Crippen molar-refractivity contribution in [2.75, 3.05) is 6.61 Å². The van der Waals surface area contributed by atoms with E-state index in [0.717, 1.165) is 11.3 Å². The van der Waals surface area contributed by atoms with Crippen molar-refractivity contribution in [3.63, 3.8) is 0 Å². The first kappa shape index (κ1) is 20.3. The Kier molecular flexibility index (Phi) is 5.35. The summed E-state index contributed by atoms with van der Waals surface area (Å²) in [5, 5.41) is 30.9. The first-order chi connectivity index (χ1) is 13.9. The normalized spacial score (nSPS) is 31.1. The molecule has 1 spiro atoms. The van der Waals surface area contributed by atoms with Gasteiger partial charge < -0.3 is 29.5 Å². The van der Waals surface area contributed by atoms with Crippen LogP contribution in [0.3, 0.4) is 0 Å². The standard InChI is InChI=1S/C22H25FO6/c1-3-27-16-6-4-13(5-7-16)8-14-9-17-15(10-18(14)23)11-28-22(17)21(26)20(25)19(24)12(2)29-22/h4-7,9-10,12,19-21,24-26H,3,8,11H2,1-2H3. The highest BCUT2D eigenvalue weighted by molar-refractivity contribution is 5.42. The van der Waals surface area contributed by atoms with Crippen LogP contribution in [0.15, 0.2) is 36.4 Å². The van der Waals surface area contributed by atoms with Crippen LogP contribution >= 0.6 is 0 Å². The van der Waals surface area contributed by atoms with Gasteiger partial charge in [0.15, 0.2) is 0 Å². The van der Waals surface area contributed by atoms with Gasteiger partial charge in [-0.1, -0.05) is 12.1 Å². The van der Waals surface area contributed by atoms with Crippen LogP contribution in [-0.2, 0) is 28.3 Å². The van der Waals surface area contributed by atoms with Crippen LogP contribution in [0.1, 0.15) is 36.1 Å². The molecule has 2 heterocycles. The van der Waals surface area contributed by atoms with Gasteiger partial charge in [0.25, 0.3) is 0 Å². The minimum absolute atomic E-state index is 0.0438. The molecular formula is C22H25FO6. The lowest BCUT2D eigenvalue weighted by atomic mass is 9.86. The van der Waals surface area contributed by atoms with Gasteiger partial charge in [-0.25, -0.2) is 4.39 Å². The van der Waals surface area contributed by atoms with Crippen LogP contribution in [0.4, 0.5) is 4.39 Å². The lowest BCUT2D eigenvalue weighted by Gasteiger charge is -2.45. The van der Waals surface area contributed by atoms with E-state index in [1.165, 1.54) is 6.07 Å². The van der Waals surface area contributed by atoms with Crippen LogP contribution < -0.4 is 4.74 Å². The number of aliphatic hydroxyl groups excluding tert-OH is 3. The van der Waals surface area contributed by atoms with Gasteiger partial charge in [0.1, 0.15) is 29.9 Å². The van der Waals surface area contributed by atoms with Crippen molar-refractivity contribution in [2.45, 2.75) is 57.1 Å². The highest BCUT2D eigenvalue weighted by Crippen LogP contribution is 2.46. The topological polar surface area (TPSA) is 88.4 Å². The van der Waals surface area contributed by atoms with Gasteiger partial charge in [-0.05, 0) is 54.8 Å². The number of ether oxygens (including phenoxy) is 3. The molecule has 2 aromatic carbocycles. The Balaban J connectivity index is 1.67. The van der Waals surface area contributed by atoms with Crippen molar-refractivity contribution >= 4 is 0 Å². The number of halogens is 1. The van der Waals surface area contributed by atoms with Gasteiger partial charge in [0.05, 0.1) is 19.3 Å². The van der Waals surface area contributed by atoms with E-state index in [1.807, 2.05) is 31.2 Å². The Labute approximate surface area is 168 Å². The molecule has 6 nitrogen and oxygen atoms in total. The monoisotopic (exact) mass is 404 g/mol. The molecule has 5 atom stereocenters. The summed E-state index contributed by atoms with van der Waals surface area (Å²) in [6.07, 6.45) is -4.62. The first-order valence-corrected chi connectivity index (χ1v) is 9.75. The van der Waals surface area contributed by atoms with Crippen molar-refractivity contribution in [3.05, 3.63) is 64.5 Å². The van der Waals surface area contributed by atoms with E-state index in [4.69, 9.17) is 14.2 Å². The fourth-order valence-corrected chi connectivity index (χ4v) is 4.04. The van der Waals surface area contributed by atoms with Gasteiger partial charge in [0, 0.05) is 12.0 Å². The Hall–Kier alpha value is -2.03.